The Balaban J connectivity index is 1.59. The first kappa shape index (κ1) is 14.8. The van der Waals surface area contributed by atoms with Crippen LogP contribution in [0.2, 0.25) is 0 Å². The van der Waals surface area contributed by atoms with E-state index in [-0.39, 0.29) is 0 Å². The molecule has 0 atom stereocenters. The fraction of sp³-hybridized carbons (Fsp3) is 0.176. The number of nitrogens with zero attached hydrogens (tertiary/aromatic N) is 5. The van der Waals surface area contributed by atoms with Gasteiger partial charge in [0.25, 0.3) is 0 Å². The highest BCUT2D eigenvalue weighted by atomic mass is 32.1. The lowest BCUT2D eigenvalue weighted by Crippen LogP contribution is -2.01. The van der Waals surface area contributed by atoms with E-state index in [2.05, 4.69) is 32.3 Å². The maximum absolute atomic E-state index is 4.62. The Hall–Kier alpha value is -2.80. The van der Waals surface area contributed by atoms with Crippen LogP contribution in [0.5, 0.6) is 0 Å². The summed E-state index contributed by atoms with van der Waals surface area (Å²) in [6, 6.07) is 6.01. The standard InChI is InChI=1S/C17H16N6S/c1-2-15-21-16(14-5-7-24-17(14)22-15)20-13-9-19-23(11-13)10-12-4-3-6-18-8-12/h3-9,11H,2,10H2,1H3,(H,20,21,22). The number of anilines is 2. The highest BCUT2D eigenvalue weighted by Crippen LogP contribution is 2.27. The van der Waals surface area contributed by atoms with Crippen LogP contribution in [-0.4, -0.2) is 24.7 Å². The van der Waals surface area contributed by atoms with Crippen molar-refractivity contribution >= 4 is 33.1 Å². The van der Waals surface area contributed by atoms with Gasteiger partial charge in [0, 0.05) is 25.0 Å². The lowest BCUT2D eigenvalue weighted by atomic mass is 10.3. The number of aryl methyl sites for hydroxylation is 1. The van der Waals surface area contributed by atoms with Crippen molar-refractivity contribution in [2.75, 3.05) is 5.32 Å². The number of nitrogens with one attached hydrogen (secondary N) is 1. The molecule has 0 spiro atoms. The lowest BCUT2D eigenvalue weighted by molar-refractivity contribution is 0.685. The van der Waals surface area contributed by atoms with Crippen molar-refractivity contribution in [2.24, 2.45) is 0 Å². The van der Waals surface area contributed by atoms with Crippen LogP contribution in [0.15, 0.2) is 48.4 Å². The normalized spacial score (nSPS) is 11.0. The maximum Gasteiger partial charge on any atom is 0.142 e. The van der Waals surface area contributed by atoms with Crippen LogP contribution in [0.25, 0.3) is 10.2 Å². The molecule has 0 bridgehead atoms. The molecule has 0 saturated heterocycles. The first-order valence-electron chi connectivity index (χ1n) is 7.74. The Bertz CT molecular complexity index is 960. The van der Waals surface area contributed by atoms with Gasteiger partial charge in [0.15, 0.2) is 0 Å². The molecule has 0 aliphatic carbocycles. The smallest absolute Gasteiger partial charge is 0.142 e. The van der Waals surface area contributed by atoms with Gasteiger partial charge in [-0.05, 0) is 23.1 Å². The molecule has 4 aromatic rings. The summed E-state index contributed by atoms with van der Waals surface area (Å²) in [6.07, 6.45) is 8.21. The van der Waals surface area contributed by atoms with Crippen LogP contribution < -0.4 is 5.32 Å². The summed E-state index contributed by atoms with van der Waals surface area (Å²) in [5.41, 5.74) is 2.02. The number of pyridine rings is 1. The first-order chi connectivity index (χ1) is 11.8. The summed E-state index contributed by atoms with van der Waals surface area (Å²) in [5.74, 6) is 1.68. The molecule has 120 valence electrons. The van der Waals surface area contributed by atoms with Crippen LogP contribution in [0.3, 0.4) is 0 Å². The maximum atomic E-state index is 4.62. The average molecular weight is 336 g/mol. The van der Waals surface area contributed by atoms with E-state index < -0.39 is 0 Å². The summed E-state index contributed by atoms with van der Waals surface area (Å²) >= 11 is 1.63. The summed E-state index contributed by atoms with van der Waals surface area (Å²) in [5, 5.41) is 10.9. The molecule has 0 aliphatic rings. The Morgan fingerprint density at radius 2 is 2.17 bits per heavy atom. The van der Waals surface area contributed by atoms with Crippen LogP contribution in [0.4, 0.5) is 11.5 Å². The van der Waals surface area contributed by atoms with Crippen LogP contribution in [0.1, 0.15) is 18.3 Å². The topological polar surface area (TPSA) is 68.5 Å². The van der Waals surface area contributed by atoms with Crippen LogP contribution in [-0.2, 0) is 13.0 Å². The van der Waals surface area contributed by atoms with Gasteiger partial charge in [0.2, 0.25) is 0 Å². The molecule has 1 N–H and O–H groups in total. The molecule has 0 radical (unpaired) electrons. The Labute approximate surface area is 143 Å². The van der Waals surface area contributed by atoms with Gasteiger partial charge in [0.05, 0.1) is 23.8 Å². The van der Waals surface area contributed by atoms with Gasteiger partial charge in [-0.1, -0.05) is 13.0 Å². The molecule has 4 heterocycles. The predicted octanol–water partition coefficient (Wildman–Crippen LogP) is 3.64. The van der Waals surface area contributed by atoms with Crippen molar-refractivity contribution in [3.8, 4) is 0 Å². The van der Waals surface area contributed by atoms with E-state index >= 15 is 0 Å². The highest BCUT2D eigenvalue weighted by molar-refractivity contribution is 7.16. The molecule has 0 amide bonds. The minimum atomic E-state index is 0.688. The number of thiophene rings is 1. The van der Waals surface area contributed by atoms with Crippen molar-refractivity contribution < 1.29 is 0 Å². The zero-order chi connectivity index (χ0) is 16.4. The largest absolute Gasteiger partial charge is 0.337 e. The molecular weight excluding hydrogens is 320 g/mol. The molecule has 0 saturated carbocycles. The van der Waals surface area contributed by atoms with E-state index in [0.29, 0.717) is 6.54 Å². The van der Waals surface area contributed by atoms with Crippen molar-refractivity contribution in [1.29, 1.82) is 0 Å². The summed E-state index contributed by atoms with van der Waals surface area (Å²) in [6.45, 7) is 2.75. The van der Waals surface area contributed by atoms with Crippen LogP contribution >= 0.6 is 11.3 Å². The Kier molecular flexibility index (Phi) is 3.92. The third-order valence-electron chi connectivity index (χ3n) is 3.65. The quantitative estimate of drug-likeness (QED) is 0.602. The molecule has 6 nitrogen and oxygen atoms in total. The van der Waals surface area contributed by atoms with Gasteiger partial charge in [0.1, 0.15) is 16.5 Å². The second-order valence-electron chi connectivity index (χ2n) is 5.39. The van der Waals surface area contributed by atoms with E-state index in [1.807, 2.05) is 46.9 Å². The van der Waals surface area contributed by atoms with Crippen molar-refractivity contribution in [1.82, 2.24) is 24.7 Å². The third-order valence-corrected chi connectivity index (χ3v) is 4.46. The molecule has 7 heteroatoms. The van der Waals surface area contributed by atoms with E-state index in [4.69, 9.17) is 0 Å². The van der Waals surface area contributed by atoms with Gasteiger partial charge in [-0.3, -0.25) is 9.67 Å². The molecule has 0 aliphatic heterocycles. The average Bonchev–Trinajstić information content (AvgIpc) is 3.25. The zero-order valence-electron chi connectivity index (χ0n) is 13.2. The minimum absolute atomic E-state index is 0.688. The van der Waals surface area contributed by atoms with Gasteiger partial charge in [-0.25, -0.2) is 9.97 Å². The fourth-order valence-corrected chi connectivity index (χ4v) is 3.27. The minimum Gasteiger partial charge on any atom is -0.337 e. The first-order valence-corrected chi connectivity index (χ1v) is 8.62. The van der Waals surface area contributed by atoms with Gasteiger partial charge in [-0.15, -0.1) is 11.3 Å². The van der Waals surface area contributed by atoms with E-state index in [1.54, 1.807) is 17.5 Å². The van der Waals surface area contributed by atoms with Crippen molar-refractivity contribution in [2.45, 2.75) is 19.9 Å². The van der Waals surface area contributed by atoms with E-state index in [0.717, 1.165) is 39.5 Å². The molecular formula is C17H16N6S. The number of fused-ring (bicyclic) bond motifs is 1. The van der Waals surface area contributed by atoms with E-state index in [1.165, 1.54) is 0 Å². The monoisotopic (exact) mass is 336 g/mol. The molecule has 24 heavy (non-hydrogen) atoms. The number of rotatable bonds is 5. The summed E-state index contributed by atoms with van der Waals surface area (Å²) < 4.78 is 1.88. The molecule has 0 aromatic carbocycles. The fourth-order valence-electron chi connectivity index (χ4n) is 2.48. The predicted molar refractivity (Wildman–Crippen MR) is 95.6 cm³/mol. The Morgan fingerprint density at radius 3 is 3.00 bits per heavy atom. The second-order valence-corrected chi connectivity index (χ2v) is 6.29. The SMILES string of the molecule is CCc1nc(Nc2cnn(Cc3cccnc3)c2)c2ccsc2n1. The van der Waals surface area contributed by atoms with Gasteiger partial charge in [-0.2, -0.15) is 5.10 Å². The molecule has 0 fully saturated rings. The van der Waals surface area contributed by atoms with Crippen molar-refractivity contribution in [3.05, 3.63) is 59.8 Å². The van der Waals surface area contributed by atoms with Crippen LogP contribution in [0, 0.1) is 0 Å². The summed E-state index contributed by atoms with van der Waals surface area (Å²) in [7, 11) is 0. The number of hydrogen-bond acceptors (Lipinski definition) is 6. The van der Waals surface area contributed by atoms with E-state index in [9.17, 15) is 0 Å². The van der Waals surface area contributed by atoms with Gasteiger partial charge >= 0.3 is 0 Å². The molecule has 4 aromatic heterocycles. The number of aromatic nitrogens is 5. The zero-order valence-corrected chi connectivity index (χ0v) is 14.0. The lowest BCUT2D eigenvalue weighted by Gasteiger charge is -2.06. The summed E-state index contributed by atoms with van der Waals surface area (Å²) in [4.78, 5) is 14.3. The number of hydrogen-bond donors (Lipinski definition) is 1. The van der Waals surface area contributed by atoms with Crippen molar-refractivity contribution in [3.63, 3.8) is 0 Å². The second kappa shape index (κ2) is 6.37. The molecule has 4 rings (SSSR count). The van der Waals surface area contributed by atoms with Gasteiger partial charge < -0.3 is 5.32 Å². The Morgan fingerprint density at radius 1 is 1.21 bits per heavy atom. The third kappa shape index (κ3) is 2.98. The highest BCUT2D eigenvalue weighted by Gasteiger charge is 2.09. The molecule has 0 unspecified atom stereocenters.